The van der Waals surface area contributed by atoms with Gasteiger partial charge in [-0.15, -0.1) is 0 Å². The molecule has 0 spiro atoms. The minimum atomic E-state index is -0.472. The first-order valence-electron chi connectivity index (χ1n) is 10.6. The average molecular weight is 401 g/mol. The molecule has 0 saturated carbocycles. The van der Waals surface area contributed by atoms with Crippen LogP contribution in [0.2, 0.25) is 0 Å². The van der Waals surface area contributed by atoms with Crippen molar-refractivity contribution in [2.24, 2.45) is 11.7 Å². The van der Waals surface area contributed by atoms with Gasteiger partial charge in [-0.05, 0) is 38.2 Å². The third-order valence-electron chi connectivity index (χ3n) is 5.75. The van der Waals surface area contributed by atoms with Gasteiger partial charge in [-0.3, -0.25) is 9.59 Å². The van der Waals surface area contributed by atoms with Crippen LogP contribution in [0.15, 0.2) is 28.7 Å². The minimum absolute atomic E-state index is 0.0309. The molecular formula is C23H32N2O4. The van der Waals surface area contributed by atoms with Crippen molar-refractivity contribution in [3.8, 4) is 0 Å². The second kappa shape index (κ2) is 9.44. The topological polar surface area (TPSA) is 85.8 Å². The van der Waals surface area contributed by atoms with E-state index < -0.39 is 6.04 Å². The number of esters is 1. The number of rotatable bonds is 8. The summed E-state index contributed by atoms with van der Waals surface area (Å²) in [6.07, 6.45) is 3.43. The molecule has 2 aromatic rings. The molecule has 3 rings (SSSR count). The summed E-state index contributed by atoms with van der Waals surface area (Å²) in [5.41, 5.74) is 8.05. The first-order chi connectivity index (χ1) is 13.9. The van der Waals surface area contributed by atoms with E-state index in [2.05, 4.69) is 0 Å². The number of nitrogens with two attached hydrogens (primary N) is 1. The van der Waals surface area contributed by atoms with E-state index in [1.54, 1.807) is 6.92 Å². The number of para-hydroxylation sites is 1. The standard InChI is InChI=1S/C23H32N2O4/c1-4-28-21(26)12-11-20-18(17-9-5-6-10-19(17)29-20)14-16-8-7-13-25(16)23(27)22(24)15(2)3/h5-6,9-10,15-16,22H,4,7-8,11-14,24H2,1-3H3/t16-,22-/m0/s1. The number of hydrogen-bond acceptors (Lipinski definition) is 5. The van der Waals surface area contributed by atoms with E-state index in [0.717, 1.165) is 41.7 Å². The Balaban J connectivity index is 1.83. The molecule has 0 radical (unpaired) electrons. The number of furan rings is 1. The fraction of sp³-hybridized carbons (Fsp3) is 0.565. The van der Waals surface area contributed by atoms with Gasteiger partial charge < -0.3 is 19.8 Å². The molecule has 0 aliphatic carbocycles. The van der Waals surface area contributed by atoms with Crippen LogP contribution in [0.1, 0.15) is 51.4 Å². The van der Waals surface area contributed by atoms with Gasteiger partial charge in [0.15, 0.2) is 0 Å². The van der Waals surface area contributed by atoms with Crippen LogP contribution in [0.5, 0.6) is 0 Å². The zero-order valence-electron chi connectivity index (χ0n) is 17.6. The Morgan fingerprint density at radius 1 is 1.31 bits per heavy atom. The molecule has 1 aliphatic rings. The van der Waals surface area contributed by atoms with E-state index >= 15 is 0 Å². The fourth-order valence-electron chi connectivity index (χ4n) is 4.07. The smallest absolute Gasteiger partial charge is 0.306 e. The molecule has 0 unspecified atom stereocenters. The molecular weight excluding hydrogens is 368 g/mol. The normalized spacial score (nSPS) is 17.8. The molecule has 29 heavy (non-hydrogen) atoms. The summed E-state index contributed by atoms with van der Waals surface area (Å²) in [6, 6.07) is 7.55. The van der Waals surface area contributed by atoms with E-state index in [0.29, 0.717) is 19.4 Å². The zero-order valence-corrected chi connectivity index (χ0v) is 17.6. The first-order valence-corrected chi connectivity index (χ1v) is 10.6. The molecule has 2 N–H and O–H groups in total. The first kappa shape index (κ1) is 21.4. The molecule has 2 heterocycles. The highest BCUT2D eigenvalue weighted by Crippen LogP contribution is 2.31. The van der Waals surface area contributed by atoms with Crippen molar-refractivity contribution in [2.75, 3.05) is 13.2 Å². The number of nitrogens with zero attached hydrogens (tertiary/aromatic N) is 1. The molecule has 1 aromatic carbocycles. The SMILES string of the molecule is CCOC(=O)CCc1oc2ccccc2c1C[C@@H]1CCCN1C(=O)[C@@H](N)C(C)C. The number of ether oxygens (including phenoxy) is 1. The van der Waals surface area contributed by atoms with Crippen LogP contribution in [-0.4, -0.2) is 42.0 Å². The monoisotopic (exact) mass is 400 g/mol. The largest absolute Gasteiger partial charge is 0.466 e. The van der Waals surface area contributed by atoms with Gasteiger partial charge in [0, 0.05) is 30.0 Å². The summed E-state index contributed by atoms with van der Waals surface area (Å²) in [5.74, 6) is 0.730. The van der Waals surface area contributed by atoms with Gasteiger partial charge in [0.2, 0.25) is 5.91 Å². The number of aryl methyl sites for hydroxylation is 1. The number of hydrogen-bond donors (Lipinski definition) is 1. The predicted octanol–water partition coefficient (Wildman–Crippen LogP) is 3.45. The number of carbonyl (C=O) groups is 2. The maximum atomic E-state index is 12.9. The highest BCUT2D eigenvalue weighted by atomic mass is 16.5. The maximum absolute atomic E-state index is 12.9. The van der Waals surface area contributed by atoms with Crippen LogP contribution >= 0.6 is 0 Å². The van der Waals surface area contributed by atoms with Crippen molar-refractivity contribution in [2.45, 2.75) is 65.0 Å². The summed E-state index contributed by atoms with van der Waals surface area (Å²) in [5, 5.41) is 1.05. The van der Waals surface area contributed by atoms with Crippen LogP contribution in [-0.2, 0) is 27.2 Å². The fourth-order valence-corrected chi connectivity index (χ4v) is 4.07. The molecule has 1 aliphatic heterocycles. The molecule has 158 valence electrons. The van der Waals surface area contributed by atoms with Crippen molar-refractivity contribution in [3.05, 3.63) is 35.6 Å². The van der Waals surface area contributed by atoms with E-state index in [1.165, 1.54) is 0 Å². The molecule has 1 aromatic heterocycles. The van der Waals surface area contributed by atoms with Gasteiger partial charge in [0.05, 0.1) is 19.1 Å². The minimum Gasteiger partial charge on any atom is -0.466 e. The molecule has 2 atom stereocenters. The highest BCUT2D eigenvalue weighted by Gasteiger charge is 2.34. The Morgan fingerprint density at radius 3 is 2.79 bits per heavy atom. The van der Waals surface area contributed by atoms with Gasteiger partial charge in [-0.25, -0.2) is 0 Å². The molecule has 6 heteroatoms. The van der Waals surface area contributed by atoms with Crippen LogP contribution < -0.4 is 5.73 Å². The summed E-state index contributed by atoms with van der Waals surface area (Å²) < 4.78 is 11.1. The van der Waals surface area contributed by atoms with E-state index in [-0.39, 0.29) is 30.3 Å². The quantitative estimate of drug-likeness (QED) is 0.686. The molecule has 1 fully saturated rings. The van der Waals surface area contributed by atoms with E-state index in [9.17, 15) is 9.59 Å². The van der Waals surface area contributed by atoms with Gasteiger partial charge in [0.1, 0.15) is 11.3 Å². The third-order valence-corrected chi connectivity index (χ3v) is 5.75. The molecule has 0 bridgehead atoms. The number of fused-ring (bicyclic) bond motifs is 1. The predicted molar refractivity (Wildman–Crippen MR) is 112 cm³/mol. The molecule has 1 saturated heterocycles. The number of amides is 1. The van der Waals surface area contributed by atoms with Crippen LogP contribution in [0.4, 0.5) is 0 Å². The maximum Gasteiger partial charge on any atom is 0.306 e. The van der Waals surface area contributed by atoms with Crippen molar-refractivity contribution in [1.82, 2.24) is 4.90 Å². The summed E-state index contributed by atoms with van der Waals surface area (Å²) in [7, 11) is 0. The second-order valence-electron chi connectivity index (χ2n) is 8.11. The van der Waals surface area contributed by atoms with Crippen molar-refractivity contribution in [1.29, 1.82) is 0 Å². The van der Waals surface area contributed by atoms with Gasteiger partial charge in [-0.2, -0.15) is 0 Å². The van der Waals surface area contributed by atoms with Gasteiger partial charge in [-0.1, -0.05) is 32.0 Å². The zero-order chi connectivity index (χ0) is 21.0. The lowest BCUT2D eigenvalue weighted by molar-refractivity contribution is -0.143. The van der Waals surface area contributed by atoms with Crippen molar-refractivity contribution in [3.63, 3.8) is 0 Å². The lowest BCUT2D eigenvalue weighted by Crippen LogP contribution is -2.48. The number of carbonyl (C=O) groups excluding carboxylic acids is 2. The van der Waals surface area contributed by atoms with Crippen molar-refractivity contribution >= 4 is 22.8 Å². The van der Waals surface area contributed by atoms with Crippen molar-refractivity contribution < 1.29 is 18.7 Å². The van der Waals surface area contributed by atoms with Gasteiger partial charge in [0.25, 0.3) is 0 Å². The number of likely N-dealkylation sites (tertiary alicyclic amines) is 1. The average Bonchev–Trinajstić information content (AvgIpc) is 3.30. The summed E-state index contributed by atoms with van der Waals surface area (Å²) >= 11 is 0. The second-order valence-corrected chi connectivity index (χ2v) is 8.11. The van der Waals surface area contributed by atoms with Gasteiger partial charge >= 0.3 is 5.97 Å². The molecule has 1 amide bonds. The lowest BCUT2D eigenvalue weighted by Gasteiger charge is -2.29. The lowest BCUT2D eigenvalue weighted by atomic mass is 9.98. The van der Waals surface area contributed by atoms with Crippen LogP contribution in [0.3, 0.4) is 0 Å². The Kier molecular flexibility index (Phi) is 6.96. The summed E-state index contributed by atoms with van der Waals surface area (Å²) in [6.45, 7) is 6.88. The Bertz CT molecular complexity index is 858. The number of benzene rings is 1. The molecule has 6 nitrogen and oxygen atoms in total. The van der Waals surface area contributed by atoms with Crippen LogP contribution in [0.25, 0.3) is 11.0 Å². The third kappa shape index (κ3) is 4.81. The van der Waals surface area contributed by atoms with E-state index in [4.69, 9.17) is 14.9 Å². The highest BCUT2D eigenvalue weighted by molar-refractivity contribution is 5.84. The summed E-state index contributed by atoms with van der Waals surface area (Å²) in [4.78, 5) is 26.7. The van der Waals surface area contributed by atoms with Crippen LogP contribution in [0, 0.1) is 5.92 Å². The Hall–Kier alpha value is -2.34. The Morgan fingerprint density at radius 2 is 2.07 bits per heavy atom. The Labute approximate surface area is 172 Å². The van der Waals surface area contributed by atoms with E-state index in [1.807, 2.05) is 43.0 Å².